The van der Waals surface area contributed by atoms with Crippen LogP contribution in [0.15, 0.2) is 30.3 Å². The molecule has 4 nitrogen and oxygen atoms in total. The van der Waals surface area contributed by atoms with E-state index < -0.39 is 5.97 Å². The number of aryl methyl sites for hydroxylation is 2. The molecule has 0 fully saturated rings. The van der Waals surface area contributed by atoms with Crippen molar-refractivity contribution in [1.82, 2.24) is 0 Å². The standard InChI is InChI=1S/C18H15Cl2NO3/c19-13-7-14(17(21)15(20)8-13)18(23)24-9-16(22)12-5-4-10-2-1-3-11(10)6-12/h4-8H,1-3,9,21H2. The molecule has 2 aromatic carbocycles. The SMILES string of the molecule is Nc1c(Cl)cc(Cl)cc1C(=O)OCC(=O)c1ccc2c(c1)CCC2. The van der Waals surface area contributed by atoms with E-state index in [0.717, 1.165) is 19.3 Å². The average Bonchev–Trinajstić information content (AvgIpc) is 3.03. The Bertz CT molecular complexity index is 833. The number of nitrogen functional groups attached to an aromatic ring is 1. The Kier molecular flexibility index (Phi) is 4.78. The Hall–Kier alpha value is -2.04. The van der Waals surface area contributed by atoms with Crippen molar-refractivity contribution in [2.45, 2.75) is 19.3 Å². The van der Waals surface area contributed by atoms with E-state index >= 15 is 0 Å². The number of carbonyl (C=O) groups is 2. The molecule has 0 saturated carbocycles. The number of benzene rings is 2. The van der Waals surface area contributed by atoms with Gasteiger partial charge < -0.3 is 10.5 Å². The Balaban J connectivity index is 1.69. The van der Waals surface area contributed by atoms with Crippen LogP contribution in [-0.4, -0.2) is 18.4 Å². The third-order valence-corrected chi connectivity index (χ3v) is 4.60. The Labute approximate surface area is 149 Å². The van der Waals surface area contributed by atoms with Crippen LogP contribution in [0.25, 0.3) is 0 Å². The summed E-state index contributed by atoms with van der Waals surface area (Å²) >= 11 is 11.8. The number of Topliss-reactive ketones (excluding diaryl/α,β-unsaturated/α-hetero) is 1. The summed E-state index contributed by atoms with van der Waals surface area (Å²) in [7, 11) is 0. The minimum absolute atomic E-state index is 0.0502. The maximum absolute atomic E-state index is 12.2. The van der Waals surface area contributed by atoms with Crippen LogP contribution in [-0.2, 0) is 17.6 Å². The summed E-state index contributed by atoms with van der Waals surface area (Å²) in [5, 5.41) is 0.436. The zero-order valence-electron chi connectivity index (χ0n) is 12.8. The lowest BCUT2D eigenvalue weighted by atomic mass is 10.0. The van der Waals surface area contributed by atoms with Gasteiger partial charge >= 0.3 is 5.97 Å². The summed E-state index contributed by atoms with van der Waals surface area (Å²) < 4.78 is 5.07. The van der Waals surface area contributed by atoms with E-state index in [-0.39, 0.29) is 33.7 Å². The zero-order chi connectivity index (χ0) is 17.3. The molecule has 0 aromatic heterocycles. The van der Waals surface area contributed by atoms with Crippen LogP contribution in [0.3, 0.4) is 0 Å². The smallest absolute Gasteiger partial charge is 0.340 e. The van der Waals surface area contributed by atoms with Gasteiger partial charge in [0.1, 0.15) is 0 Å². The molecule has 0 heterocycles. The highest BCUT2D eigenvalue weighted by atomic mass is 35.5. The van der Waals surface area contributed by atoms with Crippen molar-refractivity contribution in [3.05, 3.63) is 62.6 Å². The van der Waals surface area contributed by atoms with Gasteiger partial charge in [-0.05, 0) is 48.6 Å². The summed E-state index contributed by atoms with van der Waals surface area (Å²) in [6.07, 6.45) is 3.14. The third-order valence-electron chi connectivity index (χ3n) is 4.07. The van der Waals surface area contributed by atoms with Gasteiger partial charge in [0.25, 0.3) is 0 Å². The lowest BCUT2D eigenvalue weighted by Crippen LogP contribution is -2.15. The molecular weight excluding hydrogens is 349 g/mol. The number of halogens is 2. The van der Waals surface area contributed by atoms with E-state index in [1.165, 1.54) is 23.3 Å². The number of nitrogens with two attached hydrogens (primary N) is 1. The predicted octanol–water partition coefficient (Wildman–Crippen LogP) is 4.10. The van der Waals surface area contributed by atoms with Crippen LogP contribution < -0.4 is 5.73 Å². The number of ether oxygens (including phenoxy) is 1. The van der Waals surface area contributed by atoms with Crippen molar-refractivity contribution in [3.63, 3.8) is 0 Å². The van der Waals surface area contributed by atoms with E-state index in [2.05, 4.69) is 0 Å². The van der Waals surface area contributed by atoms with Crippen molar-refractivity contribution in [2.75, 3.05) is 12.3 Å². The second kappa shape index (κ2) is 6.83. The van der Waals surface area contributed by atoms with Gasteiger partial charge in [0.15, 0.2) is 12.4 Å². The molecule has 3 rings (SSSR count). The first-order chi connectivity index (χ1) is 11.5. The van der Waals surface area contributed by atoms with Gasteiger partial charge in [-0.25, -0.2) is 4.79 Å². The molecule has 0 saturated heterocycles. The van der Waals surface area contributed by atoms with Gasteiger partial charge in [-0.15, -0.1) is 0 Å². The number of ketones is 1. The second-order valence-electron chi connectivity index (χ2n) is 5.69. The van der Waals surface area contributed by atoms with Gasteiger partial charge in [-0.1, -0.05) is 35.3 Å². The minimum Gasteiger partial charge on any atom is -0.454 e. The van der Waals surface area contributed by atoms with Crippen LogP contribution >= 0.6 is 23.2 Å². The van der Waals surface area contributed by atoms with E-state index in [4.69, 9.17) is 33.7 Å². The Morgan fingerprint density at radius 3 is 2.62 bits per heavy atom. The van der Waals surface area contributed by atoms with Gasteiger partial charge in [0.05, 0.1) is 16.3 Å². The second-order valence-corrected chi connectivity index (χ2v) is 6.53. The molecule has 0 aliphatic heterocycles. The number of rotatable bonds is 4. The molecular formula is C18H15Cl2NO3. The number of esters is 1. The summed E-state index contributed by atoms with van der Waals surface area (Å²) in [6, 6.07) is 8.41. The largest absolute Gasteiger partial charge is 0.454 e. The number of anilines is 1. The van der Waals surface area contributed by atoms with Crippen LogP contribution in [0.5, 0.6) is 0 Å². The summed E-state index contributed by atoms with van der Waals surface area (Å²) in [5.74, 6) is -0.990. The van der Waals surface area contributed by atoms with E-state index in [0.29, 0.717) is 5.56 Å². The van der Waals surface area contributed by atoms with E-state index in [1.54, 1.807) is 6.07 Å². The quantitative estimate of drug-likeness (QED) is 0.504. The molecule has 24 heavy (non-hydrogen) atoms. The van der Waals surface area contributed by atoms with Gasteiger partial charge in [0.2, 0.25) is 0 Å². The van der Waals surface area contributed by atoms with Gasteiger partial charge in [0, 0.05) is 10.6 Å². The monoisotopic (exact) mass is 363 g/mol. The molecule has 0 bridgehead atoms. The van der Waals surface area contributed by atoms with Gasteiger partial charge in [-0.2, -0.15) is 0 Å². The maximum atomic E-state index is 12.2. The topological polar surface area (TPSA) is 69.4 Å². The third kappa shape index (κ3) is 3.40. The highest BCUT2D eigenvalue weighted by Gasteiger charge is 2.18. The molecule has 124 valence electrons. The predicted molar refractivity (Wildman–Crippen MR) is 94.0 cm³/mol. The van der Waals surface area contributed by atoms with Crippen molar-refractivity contribution < 1.29 is 14.3 Å². The van der Waals surface area contributed by atoms with Crippen molar-refractivity contribution in [3.8, 4) is 0 Å². The fourth-order valence-corrected chi connectivity index (χ4v) is 3.28. The molecule has 0 spiro atoms. The summed E-state index contributed by atoms with van der Waals surface area (Å²) in [6.45, 7) is -0.360. The van der Waals surface area contributed by atoms with Crippen LogP contribution in [0.2, 0.25) is 10.0 Å². The Morgan fingerprint density at radius 1 is 1.08 bits per heavy atom. The molecule has 2 N–H and O–H groups in total. The van der Waals surface area contributed by atoms with Crippen molar-refractivity contribution >= 4 is 40.6 Å². The molecule has 0 radical (unpaired) electrons. The Morgan fingerprint density at radius 2 is 1.83 bits per heavy atom. The lowest BCUT2D eigenvalue weighted by Gasteiger charge is -2.09. The van der Waals surface area contributed by atoms with Crippen LogP contribution in [0.1, 0.15) is 38.3 Å². The number of carbonyl (C=O) groups excluding carboxylic acids is 2. The molecule has 6 heteroatoms. The molecule has 0 unspecified atom stereocenters. The lowest BCUT2D eigenvalue weighted by molar-refractivity contribution is 0.0476. The minimum atomic E-state index is -0.730. The van der Waals surface area contributed by atoms with Crippen molar-refractivity contribution in [1.29, 1.82) is 0 Å². The normalized spacial score (nSPS) is 12.8. The van der Waals surface area contributed by atoms with Crippen molar-refractivity contribution in [2.24, 2.45) is 0 Å². The average molecular weight is 364 g/mol. The summed E-state index contributed by atoms with van der Waals surface area (Å²) in [5.41, 5.74) is 8.90. The van der Waals surface area contributed by atoms with E-state index in [9.17, 15) is 9.59 Å². The first-order valence-corrected chi connectivity index (χ1v) is 8.28. The van der Waals surface area contributed by atoms with Crippen LogP contribution in [0.4, 0.5) is 5.69 Å². The highest BCUT2D eigenvalue weighted by molar-refractivity contribution is 6.37. The first-order valence-electron chi connectivity index (χ1n) is 7.52. The first kappa shape index (κ1) is 16.8. The molecule has 1 aliphatic carbocycles. The zero-order valence-corrected chi connectivity index (χ0v) is 14.3. The molecule has 0 atom stereocenters. The molecule has 2 aromatic rings. The fraction of sp³-hybridized carbons (Fsp3) is 0.222. The maximum Gasteiger partial charge on any atom is 0.340 e. The highest BCUT2D eigenvalue weighted by Crippen LogP contribution is 2.28. The summed E-state index contributed by atoms with van der Waals surface area (Å²) in [4.78, 5) is 24.4. The van der Waals surface area contributed by atoms with Crippen LogP contribution in [0, 0.1) is 0 Å². The molecule has 0 amide bonds. The number of hydrogen-bond donors (Lipinski definition) is 1. The fourth-order valence-electron chi connectivity index (χ4n) is 2.79. The van der Waals surface area contributed by atoms with E-state index in [1.807, 2.05) is 12.1 Å². The van der Waals surface area contributed by atoms with Gasteiger partial charge in [-0.3, -0.25) is 4.79 Å². The molecule has 1 aliphatic rings. The number of hydrogen-bond acceptors (Lipinski definition) is 4. The number of fused-ring (bicyclic) bond motifs is 1.